The Labute approximate surface area is 144 Å². The summed E-state index contributed by atoms with van der Waals surface area (Å²) in [6, 6.07) is 5.39. The summed E-state index contributed by atoms with van der Waals surface area (Å²) in [6.07, 6.45) is 2.32. The van der Waals surface area contributed by atoms with Crippen molar-refractivity contribution in [2.75, 3.05) is 39.4 Å². The first-order chi connectivity index (χ1) is 11.6. The Balaban J connectivity index is 1.46. The molecule has 5 heteroatoms. The van der Waals surface area contributed by atoms with Gasteiger partial charge in [-0.25, -0.2) is 0 Å². The van der Waals surface area contributed by atoms with Crippen LogP contribution in [0.15, 0.2) is 18.2 Å². The van der Waals surface area contributed by atoms with Crippen LogP contribution in [0.5, 0.6) is 11.5 Å². The zero-order valence-electron chi connectivity index (χ0n) is 14.7. The van der Waals surface area contributed by atoms with Crippen LogP contribution >= 0.6 is 0 Å². The summed E-state index contributed by atoms with van der Waals surface area (Å²) >= 11 is 0. The summed E-state index contributed by atoms with van der Waals surface area (Å²) in [4.78, 5) is 14.9. The summed E-state index contributed by atoms with van der Waals surface area (Å²) in [6.45, 7) is 9.84. The summed E-state index contributed by atoms with van der Waals surface area (Å²) < 4.78 is 11.0. The summed E-state index contributed by atoms with van der Waals surface area (Å²) in [5.74, 6) is 2.65. The normalized spacial score (nSPS) is 18.6. The molecule has 1 aromatic rings. The fourth-order valence-electron chi connectivity index (χ4n) is 3.41. The highest BCUT2D eigenvalue weighted by atomic mass is 16.6. The lowest BCUT2D eigenvalue weighted by Gasteiger charge is -2.33. The van der Waals surface area contributed by atoms with Gasteiger partial charge in [0.1, 0.15) is 13.2 Å². The van der Waals surface area contributed by atoms with Gasteiger partial charge in [0, 0.05) is 18.7 Å². The van der Waals surface area contributed by atoms with E-state index in [9.17, 15) is 4.79 Å². The third-order valence-electron chi connectivity index (χ3n) is 4.69. The Morgan fingerprint density at radius 2 is 1.92 bits per heavy atom. The number of rotatable bonds is 5. The van der Waals surface area contributed by atoms with Crippen molar-refractivity contribution in [3.8, 4) is 11.5 Å². The number of carbonyl (C=O) groups is 1. The first kappa shape index (κ1) is 17.1. The van der Waals surface area contributed by atoms with Gasteiger partial charge in [-0.1, -0.05) is 13.8 Å². The van der Waals surface area contributed by atoms with E-state index in [1.54, 1.807) is 12.1 Å². The Bertz CT molecular complexity index is 566. The van der Waals surface area contributed by atoms with Crippen molar-refractivity contribution in [1.82, 2.24) is 10.2 Å². The number of hydrogen-bond donors (Lipinski definition) is 1. The van der Waals surface area contributed by atoms with Crippen molar-refractivity contribution < 1.29 is 14.3 Å². The molecule has 0 spiro atoms. The largest absolute Gasteiger partial charge is 0.486 e. The van der Waals surface area contributed by atoms with Gasteiger partial charge in [0.25, 0.3) is 5.91 Å². The van der Waals surface area contributed by atoms with Gasteiger partial charge < -0.3 is 19.7 Å². The van der Waals surface area contributed by atoms with Crippen LogP contribution in [0.2, 0.25) is 0 Å². The van der Waals surface area contributed by atoms with Crippen molar-refractivity contribution in [2.24, 2.45) is 11.8 Å². The van der Waals surface area contributed by atoms with Gasteiger partial charge in [-0.15, -0.1) is 0 Å². The predicted molar refractivity (Wildman–Crippen MR) is 93.8 cm³/mol. The Morgan fingerprint density at radius 1 is 1.21 bits per heavy atom. The van der Waals surface area contributed by atoms with Crippen molar-refractivity contribution in [3.05, 3.63) is 23.8 Å². The minimum absolute atomic E-state index is 0.0309. The number of fused-ring (bicyclic) bond motifs is 1. The van der Waals surface area contributed by atoms with E-state index in [4.69, 9.17) is 9.47 Å². The van der Waals surface area contributed by atoms with Crippen LogP contribution in [0, 0.1) is 11.8 Å². The second-order valence-corrected chi connectivity index (χ2v) is 7.21. The lowest BCUT2D eigenvalue weighted by molar-refractivity contribution is 0.0933. The second-order valence-electron chi connectivity index (χ2n) is 7.21. The van der Waals surface area contributed by atoms with Gasteiger partial charge in [-0.3, -0.25) is 4.79 Å². The van der Waals surface area contributed by atoms with E-state index in [1.165, 1.54) is 6.54 Å². The molecule has 0 radical (unpaired) electrons. The molecule has 1 amide bonds. The molecule has 0 aromatic heterocycles. The molecule has 0 bridgehead atoms. The molecule has 0 saturated carbocycles. The zero-order chi connectivity index (χ0) is 16.9. The first-order valence-corrected chi connectivity index (χ1v) is 9.02. The number of carbonyl (C=O) groups excluding carboxylic acids is 1. The van der Waals surface area contributed by atoms with Gasteiger partial charge in [0.2, 0.25) is 0 Å². The lowest BCUT2D eigenvalue weighted by Crippen LogP contribution is -2.40. The highest BCUT2D eigenvalue weighted by Gasteiger charge is 2.21. The number of piperidine rings is 1. The third kappa shape index (κ3) is 4.41. The van der Waals surface area contributed by atoms with Gasteiger partial charge in [0.05, 0.1) is 0 Å². The van der Waals surface area contributed by atoms with Gasteiger partial charge in [-0.2, -0.15) is 0 Å². The molecule has 132 valence electrons. The number of ether oxygens (including phenoxy) is 2. The molecule has 0 aliphatic carbocycles. The van der Waals surface area contributed by atoms with Crippen LogP contribution in [0.25, 0.3) is 0 Å². The van der Waals surface area contributed by atoms with Crippen molar-refractivity contribution in [1.29, 1.82) is 0 Å². The monoisotopic (exact) mass is 332 g/mol. The van der Waals surface area contributed by atoms with E-state index in [-0.39, 0.29) is 5.91 Å². The topological polar surface area (TPSA) is 50.8 Å². The van der Waals surface area contributed by atoms with E-state index in [0.29, 0.717) is 30.4 Å². The van der Waals surface area contributed by atoms with Crippen molar-refractivity contribution in [3.63, 3.8) is 0 Å². The standard InChI is InChI=1S/C19H28N2O3/c1-14(2)13-21-7-5-15(6-8-21)12-20-19(22)16-3-4-17-18(11-16)24-10-9-23-17/h3-4,11,14-15H,5-10,12-13H2,1-2H3,(H,20,22). The number of amides is 1. The number of nitrogens with one attached hydrogen (secondary N) is 1. The maximum absolute atomic E-state index is 12.4. The summed E-state index contributed by atoms with van der Waals surface area (Å²) in [5.41, 5.74) is 0.636. The molecule has 1 fully saturated rings. The molecule has 0 atom stereocenters. The molecular weight excluding hydrogens is 304 g/mol. The molecule has 0 unspecified atom stereocenters. The minimum Gasteiger partial charge on any atom is -0.486 e. The van der Waals surface area contributed by atoms with Crippen LogP contribution in [-0.4, -0.2) is 50.2 Å². The fraction of sp³-hybridized carbons (Fsp3) is 0.632. The maximum Gasteiger partial charge on any atom is 0.251 e. The Morgan fingerprint density at radius 3 is 2.62 bits per heavy atom. The van der Waals surface area contributed by atoms with Crippen LogP contribution in [-0.2, 0) is 0 Å². The highest BCUT2D eigenvalue weighted by molar-refractivity contribution is 5.94. The highest BCUT2D eigenvalue weighted by Crippen LogP contribution is 2.30. The summed E-state index contributed by atoms with van der Waals surface area (Å²) in [7, 11) is 0. The van der Waals surface area contributed by atoms with Crippen molar-refractivity contribution >= 4 is 5.91 Å². The quantitative estimate of drug-likeness (QED) is 0.900. The molecule has 5 nitrogen and oxygen atoms in total. The first-order valence-electron chi connectivity index (χ1n) is 9.02. The van der Waals surface area contributed by atoms with Crippen molar-refractivity contribution in [2.45, 2.75) is 26.7 Å². The zero-order valence-corrected chi connectivity index (χ0v) is 14.7. The Kier molecular flexibility index (Phi) is 5.61. The summed E-state index contributed by atoms with van der Waals surface area (Å²) in [5, 5.41) is 3.08. The number of benzene rings is 1. The van der Waals surface area contributed by atoms with Gasteiger partial charge >= 0.3 is 0 Å². The third-order valence-corrected chi connectivity index (χ3v) is 4.69. The van der Waals surface area contributed by atoms with E-state index in [0.717, 1.165) is 44.1 Å². The molecule has 24 heavy (non-hydrogen) atoms. The van der Waals surface area contributed by atoms with Crippen LogP contribution in [0.3, 0.4) is 0 Å². The average Bonchev–Trinajstić information content (AvgIpc) is 2.60. The molecule has 2 aliphatic heterocycles. The fourth-order valence-corrected chi connectivity index (χ4v) is 3.41. The average molecular weight is 332 g/mol. The number of likely N-dealkylation sites (tertiary alicyclic amines) is 1. The van der Waals surface area contributed by atoms with Crippen LogP contribution < -0.4 is 14.8 Å². The minimum atomic E-state index is -0.0309. The number of hydrogen-bond acceptors (Lipinski definition) is 4. The van der Waals surface area contributed by atoms with Gasteiger partial charge in [0.15, 0.2) is 11.5 Å². The Hall–Kier alpha value is -1.75. The predicted octanol–water partition coefficient (Wildman–Crippen LogP) is 2.56. The lowest BCUT2D eigenvalue weighted by atomic mass is 9.96. The number of nitrogens with zero attached hydrogens (tertiary/aromatic N) is 1. The molecular formula is C19H28N2O3. The van der Waals surface area contributed by atoms with E-state index < -0.39 is 0 Å². The van der Waals surface area contributed by atoms with Crippen LogP contribution in [0.4, 0.5) is 0 Å². The molecule has 1 saturated heterocycles. The van der Waals surface area contributed by atoms with E-state index in [1.807, 2.05) is 6.07 Å². The molecule has 3 rings (SSSR count). The molecule has 2 heterocycles. The molecule has 2 aliphatic rings. The molecule has 1 aromatic carbocycles. The molecule has 1 N–H and O–H groups in total. The van der Waals surface area contributed by atoms with E-state index >= 15 is 0 Å². The second kappa shape index (κ2) is 7.88. The van der Waals surface area contributed by atoms with Gasteiger partial charge in [-0.05, 0) is 56.0 Å². The van der Waals surface area contributed by atoms with E-state index in [2.05, 4.69) is 24.1 Å². The smallest absolute Gasteiger partial charge is 0.251 e. The SMILES string of the molecule is CC(C)CN1CCC(CNC(=O)c2ccc3c(c2)OCCO3)CC1. The van der Waals surface area contributed by atoms with Crippen LogP contribution in [0.1, 0.15) is 37.0 Å². The maximum atomic E-state index is 12.4.